The van der Waals surface area contributed by atoms with Crippen LogP contribution in [0, 0.1) is 0 Å². The second kappa shape index (κ2) is 6.85. The quantitative estimate of drug-likeness (QED) is 0.728. The molecule has 1 rings (SSSR count). The summed E-state index contributed by atoms with van der Waals surface area (Å²) in [5, 5.41) is 3.39. The third-order valence-corrected chi connectivity index (χ3v) is 2.75. The second-order valence-corrected chi connectivity index (χ2v) is 4.12. The first-order valence-corrected chi connectivity index (χ1v) is 6.40. The van der Waals surface area contributed by atoms with Gasteiger partial charge in [-0.25, -0.2) is 0 Å². The molecule has 0 aliphatic carbocycles. The molecule has 1 N–H and O–H groups in total. The van der Waals surface area contributed by atoms with Gasteiger partial charge < -0.3 is 5.32 Å². The van der Waals surface area contributed by atoms with Crippen LogP contribution in [0.25, 0.3) is 0 Å². The van der Waals surface area contributed by atoms with E-state index in [4.69, 9.17) is 0 Å². The highest BCUT2D eigenvalue weighted by Gasteiger charge is 1.99. The Hall–Kier alpha value is -0.540. The second-order valence-electron chi connectivity index (χ2n) is 3.13. The summed E-state index contributed by atoms with van der Waals surface area (Å²) in [6.07, 6.45) is 5.05. The summed E-state index contributed by atoms with van der Waals surface area (Å²) < 4.78 is 0. The Bertz CT molecular complexity index is 263. The predicted octanol–water partition coefficient (Wildman–Crippen LogP) is 2.10. The SMILES string of the molecule is CCc1cccnc1CNCCSC. The molecule has 0 atom stereocenters. The molecule has 1 heterocycles. The van der Waals surface area contributed by atoms with E-state index in [2.05, 4.69) is 29.5 Å². The van der Waals surface area contributed by atoms with Crippen LogP contribution in [0.1, 0.15) is 18.2 Å². The van der Waals surface area contributed by atoms with E-state index in [1.54, 1.807) is 0 Å². The molecule has 0 spiro atoms. The molecule has 0 aliphatic rings. The fourth-order valence-electron chi connectivity index (χ4n) is 1.33. The van der Waals surface area contributed by atoms with Crippen LogP contribution in [0.3, 0.4) is 0 Å². The molecule has 2 nitrogen and oxygen atoms in total. The van der Waals surface area contributed by atoms with Gasteiger partial charge in [-0.1, -0.05) is 13.0 Å². The Morgan fingerprint density at radius 2 is 2.36 bits per heavy atom. The van der Waals surface area contributed by atoms with E-state index in [9.17, 15) is 0 Å². The lowest BCUT2D eigenvalue weighted by atomic mass is 10.1. The van der Waals surface area contributed by atoms with Gasteiger partial charge in [0.15, 0.2) is 0 Å². The minimum absolute atomic E-state index is 0.893. The molecule has 0 aromatic carbocycles. The van der Waals surface area contributed by atoms with Gasteiger partial charge in [0.1, 0.15) is 0 Å². The molecular weight excluding hydrogens is 192 g/mol. The first kappa shape index (κ1) is 11.5. The van der Waals surface area contributed by atoms with Crippen LogP contribution >= 0.6 is 11.8 Å². The summed E-state index contributed by atoms with van der Waals surface area (Å²) >= 11 is 1.86. The Labute approximate surface area is 90.5 Å². The fraction of sp³-hybridized carbons (Fsp3) is 0.545. The smallest absolute Gasteiger partial charge is 0.0573 e. The molecule has 0 radical (unpaired) electrons. The minimum Gasteiger partial charge on any atom is -0.310 e. The first-order valence-electron chi connectivity index (χ1n) is 5.01. The van der Waals surface area contributed by atoms with E-state index in [1.165, 1.54) is 11.3 Å². The molecule has 1 aromatic heterocycles. The molecule has 78 valence electrons. The number of hydrogen-bond acceptors (Lipinski definition) is 3. The van der Waals surface area contributed by atoms with Crippen LogP contribution in [0.2, 0.25) is 0 Å². The largest absolute Gasteiger partial charge is 0.310 e. The zero-order valence-corrected chi connectivity index (χ0v) is 9.73. The van der Waals surface area contributed by atoms with Crippen molar-refractivity contribution in [3.05, 3.63) is 29.6 Å². The highest BCUT2D eigenvalue weighted by Crippen LogP contribution is 2.05. The highest BCUT2D eigenvalue weighted by molar-refractivity contribution is 7.98. The molecule has 0 fully saturated rings. The van der Waals surface area contributed by atoms with Crippen molar-refractivity contribution in [3.63, 3.8) is 0 Å². The van der Waals surface area contributed by atoms with Crippen molar-refractivity contribution in [2.24, 2.45) is 0 Å². The van der Waals surface area contributed by atoms with Crippen LogP contribution in [0.5, 0.6) is 0 Å². The molecule has 1 aromatic rings. The van der Waals surface area contributed by atoms with Crippen LogP contribution in [-0.4, -0.2) is 23.5 Å². The number of rotatable bonds is 6. The summed E-state index contributed by atoms with van der Waals surface area (Å²) in [4.78, 5) is 4.38. The number of hydrogen-bond donors (Lipinski definition) is 1. The van der Waals surface area contributed by atoms with Gasteiger partial charge in [0.25, 0.3) is 0 Å². The maximum Gasteiger partial charge on any atom is 0.0573 e. The van der Waals surface area contributed by atoms with Crippen LogP contribution in [0.15, 0.2) is 18.3 Å². The number of nitrogens with zero attached hydrogens (tertiary/aromatic N) is 1. The predicted molar refractivity (Wildman–Crippen MR) is 63.7 cm³/mol. The molecule has 0 aliphatic heterocycles. The van der Waals surface area contributed by atoms with Gasteiger partial charge in [0.05, 0.1) is 5.69 Å². The molecule has 0 saturated heterocycles. The Morgan fingerprint density at radius 3 is 3.07 bits per heavy atom. The lowest BCUT2D eigenvalue weighted by Crippen LogP contribution is -2.18. The maximum absolute atomic E-state index is 4.38. The highest BCUT2D eigenvalue weighted by atomic mass is 32.2. The van der Waals surface area contributed by atoms with Gasteiger partial charge >= 0.3 is 0 Å². The van der Waals surface area contributed by atoms with Crippen molar-refractivity contribution in [3.8, 4) is 0 Å². The molecule has 0 unspecified atom stereocenters. The van der Waals surface area contributed by atoms with Gasteiger partial charge in [-0.2, -0.15) is 11.8 Å². The van der Waals surface area contributed by atoms with Gasteiger partial charge in [-0.3, -0.25) is 4.98 Å². The average molecular weight is 210 g/mol. The van der Waals surface area contributed by atoms with Gasteiger partial charge in [0.2, 0.25) is 0 Å². The minimum atomic E-state index is 0.893. The number of aromatic nitrogens is 1. The lowest BCUT2D eigenvalue weighted by Gasteiger charge is -2.07. The van der Waals surface area contributed by atoms with Crippen LogP contribution in [0.4, 0.5) is 0 Å². The molecule has 3 heteroatoms. The molecule has 14 heavy (non-hydrogen) atoms. The van der Waals surface area contributed by atoms with Crippen molar-refractivity contribution >= 4 is 11.8 Å². The Morgan fingerprint density at radius 1 is 1.50 bits per heavy atom. The molecule has 0 amide bonds. The van der Waals surface area contributed by atoms with Crippen molar-refractivity contribution in [1.82, 2.24) is 10.3 Å². The molecular formula is C11H18N2S. The Balaban J connectivity index is 2.41. The zero-order valence-electron chi connectivity index (χ0n) is 8.92. The topological polar surface area (TPSA) is 24.9 Å². The van der Waals surface area contributed by atoms with E-state index in [0.717, 1.165) is 25.3 Å². The first-order chi connectivity index (χ1) is 6.88. The van der Waals surface area contributed by atoms with Gasteiger partial charge in [0, 0.05) is 25.0 Å². The zero-order chi connectivity index (χ0) is 10.2. The van der Waals surface area contributed by atoms with Gasteiger partial charge in [-0.05, 0) is 24.3 Å². The molecule has 0 saturated carbocycles. The maximum atomic E-state index is 4.38. The monoisotopic (exact) mass is 210 g/mol. The van der Waals surface area contributed by atoms with Gasteiger partial charge in [-0.15, -0.1) is 0 Å². The van der Waals surface area contributed by atoms with Crippen molar-refractivity contribution in [2.45, 2.75) is 19.9 Å². The fourth-order valence-corrected chi connectivity index (χ4v) is 1.68. The van der Waals surface area contributed by atoms with Crippen LogP contribution in [-0.2, 0) is 13.0 Å². The number of aryl methyl sites for hydroxylation is 1. The van der Waals surface area contributed by atoms with E-state index < -0.39 is 0 Å². The lowest BCUT2D eigenvalue weighted by molar-refractivity contribution is 0.707. The summed E-state index contributed by atoms with van der Waals surface area (Å²) in [5.74, 6) is 1.16. The van der Waals surface area contributed by atoms with Crippen molar-refractivity contribution in [2.75, 3.05) is 18.6 Å². The molecule has 0 bridgehead atoms. The van der Waals surface area contributed by atoms with Crippen LogP contribution < -0.4 is 5.32 Å². The summed E-state index contributed by atoms with van der Waals surface area (Å²) in [6.45, 7) is 4.12. The number of pyridine rings is 1. The third-order valence-electron chi connectivity index (χ3n) is 2.14. The third kappa shape index (κ3) is 3.68. The van der Waals surface area contributed by atoms with E-state index in [0.29, 0.717) is 0 Å². The average Bonchev–Trinajstić information content (AvgIpc) is 2.25. The summed E-state index contributed by atoms with van der Waals surface area (Å²) in [5.41, 5.74) is 2.54. The summed E-state index contributed by atoms with van der Waals surface area (Å²) in [6, 6.07) is 4.16. The Kier molecular flexibility index (Phi) is 5.64. The number of thioether (sulfide) groups is 1. The number of nitrogens with one attached hydrogen (secondary N) is 1. The normalized spacial score (nSPS) is 10.4. The van der Waals surface area contributed by atoms with E-state index >= 15 is 0 Å². The standard InChI is InChI=1S/C11H18N2S/c1-3-10-5-4-6-13-11(10)9-12-7-8-14-2/h4-6,12H,3,7-9H2,1-2H3. The van der Waals surface area contributed by atoms with E-state index in [-0.39, 0.29) is 0 Å². The summed E-state index contributed by atoms with van der Waals surface area (Å²) in [7, 11) is 0. The van der Waals surface area contributed by atoms with Crippen molar-refractivity contribution < 1.29 is 0 Å². The van der Waals surface area contributed by atoms with Crippen molar-refractivity contribution in [1.29, 1.82) is 0 Å². The van der Waals surface area contributed by atoms with E-state index in [1.807, 2.05) is 24.0 Å².